The molecule has 0 saturated carbocycles. The number of hydrogen-bond acceptors (Lipinski definition) is 4. The number of aromatic hydroxyl groups is 1. The third-order valence-corrected chi connectivity index (χ3v) is 3.41. The minimum atomic E-state index is 0.228. The summed E-state index contributed by atoms with van der Waals surface area (Å²) in [5.41, 5.74) is 8.40. The summed E-state index contributed by atoms with van der Waals surface area (Å²) in [5.74, 6) is 0.704. The highest BCUT2D eigenvalue weighted by molar-refractivity contribution is 5.80. The standard InChI is InChI=1S/C13H16N4O/c14-13-11(8-15-16-13)10-7-9(3-4-12(10)18)17-5-1-2-6-17/h3-4,7-8,18H,1-2,5-6H2,(H3,14,15,16). The molecule has 0 amide bonds. The molecule has 4 N–H and O–H groups in total. The third kappa shape index (κ3) is 1.77. The molecule has 0 bridgehead atoms. The van der Waals surface area contributed by atoms with E-state index in [4.69, 9.17) is 5.73 Å². The van der Waals surface area contributed by atoms with E-state index < -0.39 is 0 Å². The number of benzene rings is 1. The summed E-state index contributed by atoms with van der Waals surface area (Å²) in [6, 6.07) is 5.64. The summed E-state index contributed by atoms with van der Waals surface area (Å²) >= 11 is 0. The Kier molecular flexibility index (Phi) is 2.59. The lowest BCUT2D eigenvalue weighted by molar-refractivity contribution is 0.477. The van der Waals surface area contributed by atoms with Crippen molar-refractivity contribution in [3.8, 4) is 16.9 Å². The molecule has 1 aromatic heterocycles. The zero-order valence-corrected chi connectivity index (χ0v) is 10.1. The topological polar surface area (TPSA) is 78.2 Å². The Balaban J connectivity index is 2.03. The van der Waals surface area contributed by atoms with Gasteiger partial charge in [0.1, 0.15) is 11.6 Å². The summed E-state index contributed by atoms with van der Waals surface area (Å²) in [7, 11) is 0. The summed E-state index contributed by atoms with van der Waals surface area (Å²) in [4.78, 5) is 2.32. The molecule has 0 radical (unpaired) electrons. The molecule has 5 heteroatoms. The fourth-order valence-corrected chi connectivity index (χ4v) is 2.42. The second kappa shape index (κ2) is 4.25. The van der Waals surface area contributed by atoms with Crippen LogP contribution in [0.5, 0.6) is 5.75 Å². The van der Waals surface area contributed by atoms with E-state index >= 15 is 0 Å². The van der Waals surface area contributed by atoms with Crippen molar-refractivity contribution in [2.45, 2.75) is 12.8 Å². The van der Waals surface area contributed by atoms with Crippen molar-refractivity contribution < 1.29 is 5.11 Å². The van der Waals surface area contributed by atoms with Gasteiger partial charge in [0.05, 0.1) is 6.20 Å². The monoisotopic (exact) mass is 244 g/mol. The maximum Gasteiger partial charge on any atom is 0.126 e. The SMILES string of the molecule is Nc1[nH]ncc1-c1cc(N2CCCC2)ccc1O. The highest BCUT2D eigenvalue weighted by atomic mass is 16.3. The molecule has 1 aliphatic heterocycles. The van der Waals surface area contributed by atoms with Gasteiger partial charge in [0.25, 0.3) is 0 Å². The van der Waals surface area contributed by atoms with Gasteiger partial charge in [-0.15, -0.1) is 0 Å². The Morgan fingerprint density at radius 2 is 2.00 bits per heavy atom. The van der Waals surface area contributed by atoms with Gasteiger partial charge < -0.3 is 15.7 Å². The Morgan fingerprint density at radius 1 is 1.22 bits per heavy atom. The van der Waals surface area contributed by atoms with E-state index in [-0.39, 0.29) is 5.75 Å². The van der Waals surface area contributed by atoms with Crippen molar-refractivity contribution in [3.05, 3.63) is 24.4 Å². The fourth-order valence-electron chi connectivity index (χ4n) is 2.42. The van der Waals surface area contributed by atoms with Crippen LogP contribution in [0.15, 0.2) is 24.4 Å². The van der Waals surface area contributed by atoms with Crippen molar-refractivity contribution in [1.29, 1.82) is 0 Å². The lowest BCUT2D eigenvalue weighted by Gasteiger charge is -2.18. The summed E-state index contributed by atoms with van der Waals surface area (Å²) in [6.45, 7) is 2.15. The molecule has 2 aromatic rings. The number of hydrogen-bond donors (Lipinski definition) is 3. The maximum absolute atomic E-state index is 9.96. The Hall–Kier alpha value is -2.17. The lowest BCUT2D eigenvalue weighted by Crippen LogP contribution is -2.17. The first-order chi connectivity index (χ1) is 8.75. The molecule has 0 spiro atoms. The van der Waals surface area contributed by atoms with Crippen molar-refractivity contribution in [3.63, 3.8) is 0 Å². The highest BCUT2D eigenvalue weighted by Crippen LogP contribution is 2.35. The van der Waals surface area contributed by atoms with Gasteiger partial charge >= 0.3 is 0 Å². The van der Waals surface area contributed by atoms with Gasteiger partial charge in [0, 0.05) is 29.9 Å². The van der Waals surface area contributed by atoms with Crippen LogP contribution < -0.4 is 10.6 Å². The van der Waals surface area contributed by atoms with Gasteiger partial charge in [-0.1, -0.05) is 0 Å². The van der Waals surface area contributed by atoms with Crippen LogP contribution in [0, 0.1) is 0 Å². The minimum absolute atomic E-state index is 0.228. The third-order valence-electron chi connectivity index (χ3n) is 3.41. The van der Waals surface area contributed by atoms with Gasteiger partial charge in [-0.3, -0.25) is 5.10 Å². The Labute approximate surface area is 105 Å². The van der Waals surface area contributed by atoms with Crippen LogP contribution in [0.1, 0.15) is 12.8 Å². The fraction of sp³-hybridized carbons (Fsp3) is 0.308. The second-order valence-electron chi connectivity index (χ2n) is 4.59. The quantitative estimate of drug-likeness (QED) is 0.754. The molecule has 94 valence electrons. The number of aromatic amines is 1. The van der Waals surface area contributed by atoms with Crippen molar-refractivity contribution in [2.24, 2.45) is 0 Å². The molecule has 0 aliphatic carbocycles. The molecule has 0 atom stereocenters. The molecule has 0 unspecified atom stereocenters. The predicted molar refractivity (Wildman–Crippen MR) is 71.5 cm³/mol. The summed E-state index contributed by atoms with van der Waals surface area (Å²) in [5, 5.41) is 16.5. The molecule has 1 saturated heterocycles. The highest BCUT2D eigenvalue weighted by Gasteiger charge is 2.16. The molecule has 1 fully saturated rings. The van der Waals surface area contributed by atoms with Crippen molar-refractivity contribution in [1.82, 2.24) is 10.2 Å². The van der Waals surface area contributed by atoms with E-state index in [1.165, 1.54) is 12.8 Å². The zero-order valence-electron chi connectivity index (χ0n) is 10.1. The van der Waals surface area contributed by atoms with Crippen LogP contribution in [0.4, 0.5) is 11.5 Å². The summed E-state index contributed by atoms with van der Waals surface area (Å²) < 4.78 is 0. The number of nitrogens with two attached hydrogens (primary N) is 1. The first-order valence-electron chi connectivity index (χ1n) is 6.13. The number of nitrogens with one attached hydrogen (secondary N) is 1. The van der Waals surface area contributed by atoms with Crippen LogP contribution in [-0.2, 0) is 0 Å². The van der Waals surface area contributed by atoms with Crippen molar-refractivity contribution >= 4 is 11.5 Å². The molecule has 2 heterocycles. The average Bonchev–Trinajstić information content (AvgIpc) is 3.01. The van der Waals surface area contributed by atoms with Gasteiger partial charge in [-0.05, 0) is 31.0 Å². The van der Waals surface area contributed by atoms with Crippen molar-refractivity contribution in [2.75, 3.05) is 23.7 Å². The number of anilines is 2. The van der Waals surface area contributed by atoms with E-state index in [0.29, 0.717) is 5.82 Å². The molecular formula is C13H16N4O. The average molecular weight is 244 g/mol. The van der Waals surface area contributed by atoms with Crippen LogP contribution >= 0.6 is 0 Å². The molecular weight excluding hydrogens is 228 g/mol. The Bertz CT molecular complexity index is 558. The number of nitrogens with zero attached hydrogens (tertiary/aromatic N) is 2. The first kappa shape index (κ1) is 11.0. The predicted octanol–water partition coefficient (Wildman–Crippen LogP) is 1.96. The number of aromatic nitrogens is 2. The molecule has 1 aromatic carbocycles. The number of nitrogen functional groups attached to an aromatic ring is 1. The van der Waals surface area contributed by atoms with E-state index in [9.17, 15) is 5.11 Å². The number of H-pyrrole nitrogens is 1. The smallest absolute Gasteiger partial charge is 0.126 e. The van der Waals surface area contributed by atoms with Gasteiger partial charge in [0.15, 0.2) is 0 Å². The summed E-state index contributed by atoms with van der Waals surface area (Å²) in [6.07, 6.45) is 4.09. The normalized spacial score (nSPS) is 15.2. The lowest BCUT2D eigenvalue weighted by atomic mass is 10.1. The number of rotatable bonds is 2. The largest absolute Gasteiger partial charge is 0.507 e. The second-order valence-corrected chi connectivity index (χ2v) is 4.59. The molecule has 3 rings (SSSR count). The molecule has 1 aliphatic rings. The van der Waals surface area contributed by atoms with Gasteiger partial charge in [0.2, 0.25) is 0 Å². The van der Waals surface area contributed by atoms with E-state index in [0.717, 1.165) is 29.9 Å². The Morgan fingerprint density at radius 3 is 2.67 bits per heavy atom. The van der Waals surface area contributed by atoms with Gasteiger partial charge in [-0.2, -0.15) is 5.10 Å². The van der Waals surface area contributed by atoms with Crippen LogP contribution in [0.25, 0.3) is 11.1 Å². The maximum atomic E-state index is 9.96. The zero-order chi connectivity index (χ0) is 12.5. The van der Waals surface area contributed by atoms with E-state index in [2.05, 4.69) is 15.1 Å². The van der Waals surface area contributed by atoms with E-state index in [1.807, 2.05) is 12.1 Å². The van der Waals surface area contributed by atoms with Crippen LogP contribution in [0.2, 0.25) is 0 Å². The molecule has 5 nitrogen and oxygen atoms in total. The number of phenolic OH excluding ortho intramolecular Hbond substituents is 1. The molecule has 18 heavy (non-hydrogen) atoms. The van der Waals surface area contributed by atoms with Crippen LogP contribution in [-0.4, -0.2) is 28.4 Å². The minimum Gasteiger partial charge on any atom is -0.507 e. The van der Waals surface area contributed by atoms with E-state index in [1.54, 1.807) is 12.3 Å². The van der Waals surface area contributed by atoms with Gasteiger partial charge in [-0.25, -0.2) is 0 Å². The van der Waals surface area contributed by atoms with Crippen LogP contribution in [0.3, 0.4) is 0 Å². The number of phenols is 1. The first-order valence-corrected chi connectivity index (χ1v) is 6.13.